The standard InChI is InChI=1S/C23H24N8O3/c1-33-16-9-13(7-8-15(16)34-22(32)12-5-3-2-4-6-12)19-17-18(26)14(10-24)20(27)30-21(17)31-23(29-19)28-11-25/h7-9,12,19H,2-6H2,1H3,(H6,26,27,28,29,30,31). The third-order valence-corrected chi connectivity index (χ3v) is 6.01. The molecule has 1 aromatic carbocycles. The van der Waals surface area contributed by atoms with Crippen molar-refractivity contribution < 1.29 is 14.3 Å². The zero-order valence-electron chi connectivity index (χ0n) is 18.6. The van der Waals surface area contributed by atoms with Gasteiger partial charge in [-0.2, -0.15) is 10.5 Å². The first kappa shape index (κ1) is 22.7. The number of hydrogen-bond acceptors (Lipinski definition) is 11. The Hall–Kier alpha value is -4.51. The summed E-state index contributed by atoms with van der Waals surface area (Å²) in [7, 11) is 1.48. The fraction of sp³-hybridized carbons (Fsp3) is 0.348. The molecule has 2 aromatic rings. The lowest BCUT2D eigenvalue weighted by Crippen LogP contribution is -2.32. The first-order chi connectivity index (χ1) is 16.5. The van der Waals surface area contributed by atoms with Gasteiger partial charge in [0.1, 0.15) is 29.3 Å². The molecule has 0 saturated heterocycles. The second-order valence-electron chi connectivity index (χ2n) is 8.07. The molecule has 0 radical (unpaired) electrons. The lowest BCUT2D eigenvalue weighted by Gasteiger charge is -2.26. The van der Waals surface area contributed by atoms with Gasteiger partial charge in [0.2, 0.25) is 5.96 Å². The van der Waals surface area contributed by atoms with Gasteiger partial charge < -0.3 is 26.3 Å². The van der Waals surface area contributed by atoms with E-state index in [0.29, 0.717) is 22.6 Å². The molecule has 0 amide bonds. The number of nitrogens with zero attached hydrogens (tertiary/aromatic N) is 4. The topological polar surface area (TPSA) is 184 Å². The number of carbonyl (C=O) groups is 1. The molecule has 4 rings (SSSR count). The van der Waals surface area contributed by atoms with Crippen LogP contribution >= 0.6 is 0 Å². The molecule has 0 spiro atoms. The Labute approximate surface area is 196 Å². The number of aliphatic imine (C=N–C) groups is 1. The molecule has 1 saturated carbocycles. The molecule has 1 atom stereocenters. The lowest BCUT2D eigenvalue weighted by molar-refractivity contribution is -0.140. The smallest absolute Gasteiger partial charge is 0.314 e. The maximum atomic E-state index is 12.6. The van der Waals surface area contributed by atoms with Crippen LogP contribution in [0, 0.1) is 28.7 Å². The third kappa shape index (κ3) is 4.24. The van der Waals surface area contributed by atoms with Crippen LogP contribution in [-0.4, -0.2) is 24.0 Å². The Morgan fingerprint density at radius 3 is 2.65 bits per heavy atom. The molecule has 1 aliphatic carbocycles. The number of guanidine groups is 1. The Balaban J connectivity index is 1.73. The zero-order chi connectivity index (χ0) is 24.2. The summed E-state index contributed by atoms with van der Waals surface area (Å²) in [6.45, 7) is 0. The number of nitrogens with one attached hydrogen (secondary N) is 2. The highest BCUT2D eigenvalue weighted by atomic mass is 16.6. The largest absolute Gasteiger partial charge is 0.493 e. The van der Waals surface area contributed by atoms with Crippen LogP contribution in [0.2, 0.25) is 0 Å². The highest BCUT2D eigenvalue weighted by Crippen LogP contribution is 2.42. The summed E-state index contributed by atoms with van der Waals surface area (Å²) in [4.78, 5) is 21.4. The fourth-order valence-electron chi connectivity index (χ4n) is 4.29. The number of esters is 1. The molecule has 11 nitrogen and oxygen atoms in total. The molecule has 174 valence electrons. The quantitative estimate of drug-likeness (QED) is 0.229. The molecule has 0 bridgehead atoms. The Morgan fingerprint density at radius 2 is 1.97 bits per heavy atom. The number of ether oxygens (including phenoxy) is 2. The summed E-state index contributed by atoms with van der Waals surface area (Å²) in [5.41, 5.74) is 13.4. The van der Waals surface area contributed by atoms with Crippen molar-refractivity contribution in [3.63, 3.8) is 0 Å². The van der Waals surface area contributed by atoms with E-state index >= 15 is 0 Å². The number of pyridine rings is 1. The number of methoxy groups -OCH3 is 1. The van der Waals surface area contributed by atoms with E-state index in [1.54, 1.807) is 18.2 Å². The number of anilines is 3. The van der Waals surface area contributed by atoms with Crippen LogP contribution in [0.15, 0.2) is 23.2 Å². The first-order valence-electron chi connectivity index (χ1n) is 10.8. The molecule has 34 heavy (non-hydrogen) atoms. The van der Waals surface area contributed by atoms with Crippen molar-refractivity contribution in [2.75, 3.05) is 23.9 Å². The summed E-state index contributed by atoms with van der Waals surface area (Å²) < 4.78 is 11.2. The van der Waals surface area contributed by atoms with E-state index < -0.39 is 6.04 Å². The molecule has 6 N–H and O–H groups in total. The van der Waals surface area contributed by atoms with Crippen molar-refractivity contribution in [1.82, 2.24) is 10.3 Å². The van der Waals surface area contributed by atoms with Gasteiger partial charge in [0, 0.05) is 5.56 Å². The molecule has 1 fully saturated rings. The summed E-state index contributed by atoms with van der Waals surface area (Å²) in [5.74, 6) is 0.649. The number of hydrogen-bond donors (Lipinski definition) is 4. The number of nitriles is 2. The Morgan fingerprint density at radius 1 is 1.21 bits per heavy atom. The van der Waals surface area contributed by atoms with Crippen LogP contribution in [0.1, 0.15) is 54.8 Å². The minimum absolute atomic E-state index is 0.0363. The summed E-state index contributed by atoms with van der Waals surface area (Å²) >= 11 is 0. The van der Waals surface area contributed by atoms with Crippen molar-refractivity contribution in [2.45, 2.75) is 38.1 Å². The van der Waals surface area contributed by atoms with Crippen LogP contribution in [0.4, 0.5) is 17.3 Å². The minimum Gasteiger partial charge on any atom is -0.493 e. The molecule has 2 aliphatic rings. The second-order valence-corrected chi connectivity index (χ2v) is 8.07. The van der Waals surface area contributed by atoms with E-state index in [9.17, 15) is 10.1 Å². The average molecular weight is 460 g/mol. The fourth-order valence-corrected chi connectivity index (χ4v) is 4.29. The Kier molecular flexibility index (Phi) is 6.37. The molecule has 1 aromatic heterocycles. The van der Waals surface area contributed by atoms with E-state index in [0.717, 1.165) is 32.1 Å². The highest BCUT2D eigenvalue weighted by Gasteiger charge is 2.31. The van der Waals surface area contributed by atoms with E-state index in [2.05, 4.69) is 20.6 Å². The van der Waals surface area contributed by atoms with Crippen LogP contribution in [-0.2, 0) is 4.79 Å². The zero-order valence-corrected chi connectivity index (χ0v) is 18.6. The van der Waals surface area contributed by atoms with E-state index in [1.807, 2.05) is 12.3 Å². The maximum absolute atomic E-state index is 12.6. The van der Waals surface area contributed by atoms with Crippen LogP contribution in [0.25, 0.3) is 0 Å². The third-order valence-electron chi connectivity index (χ3n) is 6.01. The minimum atomic E-state index is -0.732. The lowest BCUT2D eigenvalue weighted by atomic mass is 9.89. The molecule has 11 heteroatoms. The highest BCUT2D eigenvalue weighted by molar-refractivity contribution is 5.98. The monoisotopic (exact) mass is 460 g/mol. The van der Waals surface area contributed by atoms with Gasteiger partial charge in [-0.05, 0) is 30.5 Å². The number of nitrogens with two attached hydrogens (primary N) is 2. The molecule has 1 aliphatic heterocycles. The van der Waals surface area contributed by atoms with Gasteiger partial charge >= 0.3 is 5.97 Å². The summed E-state index contributed by atoms with van der Waals surface area (Å²) in [5, 5.41) is 23.9. The number of aromatic nitrogens is 1. The molecular weight excluding hydrogens is 436 g/mol. The van der Waals surface area contributed by atoms with Gasteiger partial charge in [0.25, 0.3) is 0 Å². The molecular formula is C23H24N8O3. The van der Waals surface area contributed by atoms with Crippen molar-refractivity contribution in [1.29, 1.82) is 10.5 Å². The molecule has 1 unspecified atom stereocenters. The van der Waals surface area contributed by atoms with Gasteiger partial charge in [-0.25, -0.2) is 9.98 Å². The van der Waals surface area contributed by atoms with E-state index in [1.165, 1.54) is 7.11 Å². The van der Waals surface area contributed by atoms with Crippen molar-refractivity contribution in [3.8, 4) is 23.8 Å². The number of rotatable bonds is 4. The summed E-state index contributed by atoms with van der Waals surface area (Å²) in [6.07, 6.45) is 6.64. The second kappa shape index (κ2) is 9.55. The van der Waals surface area contributed by atoms with E-state index in [-0.39, 0.29) is 40.7 Å². The van der Waals surface area contributed by atoms with Gasteiger partial charge in [-0.1, -0.05) is 25.3 Å². The first-order valence-corrected chi connectivity index (χ1v) is 10.8. The van der Waals surface area contributed by atoms with Gasteiger partial charge in [0.05, 0.1) is 18.7 Å². The average Bonchev–Trinajstić information content (AvgIpc) is 2.84. The Bertz CT molecular complexity index is 1240. The van der Waals surface area contributed by atoms with Gasteiger partial charge in [-0.3, -0.25) is 10.1 Å². The number of carbonyl (C=O) groups excluding carboxylic acids is 1. The van der Waals surface area contributed by atoms with E-state index in [4.69, 9.17) is 26.2 Å². The predicted molar refractivity (Wildman–Crippen MR) is 125 cm³/mol. The molecule has 2 heterocycles. The number of nitrogen functional groups attached to an aromatic ring is 2. The van der Waals surface area contributed by atoms with Crippen molar-refractivity contribution in [2.24, 2.45) is 10.9 Å². The maximum Gasteiger partial charge on any atom is 0.314 e. The number of benzene rings is 1. The number of fused-ring (bicyclic) bond motifs is 1. The predicted octanol–water partition coefficient (Wildman–Crippen LogP) is 2.55. The van der Waals surface area contributed by atoms with Crippen LogP contribution in [0.5, 0.6) is 11.5 Å². The van der Waals surface area contributed by atoms with Crippen LogP contribution < -0.4 is 31.6 Å². The normalized spacial score (nSPS) is 17.3. The SMILES string of the molecule is COc1cc(C2N=C(NC#N)Nc3nc(N)c(C#N)c(N)c32)ccc1OC(=O)C1CCCCC1. The van der Waals surface area contributed by atoms with Crippen molar-refractivity contribution >= 4 is 29.3 Å². The van der Waals surface area contributed by atoms with Crippen LogP contribution in [0.3, 0.4) is 0 Å². The van der Waals surface area contributed by atoms with Crippen molar-refractivity contribution in [3.05, 3.63) is 34.9 Å². The van der Waals surface area contributed by atoms with Gasteiger partial charge in [0.15, 0.2) is 17.7 Å². The summed E-state index contributed by atoms with van der Waals surface area (Å²) in [6, 6.07) is 6.27. The van der Waals surface area contributed by atoms with Gasteiger partial charge in [-0.15, -0.1) is 0 Å².